The first-order valence-corrected chi connectivity index (χ1v) is 7.30. The van der Waals surface area contributed by atoms with Gasteiger partial charge in [-0.1, -0.05) is 0 Å². The highest BCUT2D eigenvalue weighted by atomic mass is 15.1. The molecule has 0 aliphatic rings. The van der Waals surface area contributed by atoms with Gasteiger partial charge in [-0.2, -0.15) is 0 Å². The van der Waals surface area contributed by atoms with E-state index in [4.69, 9.17) is 0 Å². The van der Waals surface area contributed by atoms with Crippen molar-refractivity contribution in [3.63, 3.8) is 0 Å². The van der Waals surface area contributed by atoms with E-state index in [1.54, 1.807) is 0 Å². The summed E-state index contributed by atoms with van der Waals surface area (Å²) in [6.45, 7) is 10.1. The van der Waals surface area contributed by atoms with Crippen LogP contribution in [0.1, 0.15) is 39.2 Å². The fourth-order valence-corrected chi connectivity index (χ4v) is 1.95. The largest absolute Gasteiger partial charge is 0.312 e. The average molecular weight is 263 g/mol. The van der Waals surface area contributed by atoms with E-state index in [0.29, 0.717) is 0 Å². The summed E-state index contributed by atoms with van der Waals surface area (Å²) in [5, 5.41) is 3.53. The van der Waals surface area contributed by atoms with Crippen molar-refractivity contribution in [2.45, 2.75) is 45.6 Å². The van der Waals surface area contributed by atoms with Gasteiger partial charge in [0.15, 0.2) is 0 Å². The van der Waals surface area contributed by atoms with Crippen molar-refractivity contribution in [3.8, 4) is 0 Å². The second-order valence-electron chi connectivity index (χ2n) is 6.29. The Bertz CT molecular complexity index is 330. The van der Waals surface area contributed by atoms with Crippen molar-refractivity contribution in [1.29, 1.82) is 0 Å². The van der Waals surface area contributed by atoms with Crippen LogP contribution in [0.5, 0.6) is 0 Å². The molecular formula is C16H29N3. The second-order valence-corrected chi connectivity index (χ2v) is 6.29. The van der Waals surface area contributed by atoms with Crippen LogP contribution in [0.2, 0.25) is 0 Å². The monoisotopic (exact) mass is 263 g/mol. The van der Waals surface area contributed by atoms with Gasteiger partial charge in [0.25, 0.3) is 0 Å². The molecular weight excluding hydrogens is 234 g/mol. The van der Waals surface area contributed by atoms with Crippen LogP contribution in [0.15, 0.2) is 24.5 Å². The van der Waals surface area contributed by atoms with Crippen LogP contribution in [-0.2, 0) is 6.42 Å². The number of hydrogen-bond acceptors (Lipinski definition) is 3. The van der Waals surface area contributed by atoms with Crippen molar-refractivity contribution >= 4 is 0 Å². The minimum Gasteiger partial charge on any atom is -0.312 e. The fraction of sp³-hybridized carbons (Fsp3) is 0.688. The van der Waals surface area contributed by atoms with Crippen molar-refractivity contribution in [2.75, 3.05) is 26.7 Å². The minimum atomic E-state index is 0.243. The third-order valence-electron chi connectivity index (χ3n) is 3.15. The van der Waals surface area contributed by atoms with E-state index in [9.17, 15) is 0 Å². The molecule has 0 radical (unpaired) electrons. The van der Waals surface area contributed by atoms with Crippen molar-refractivity contribution < 1.29 is 0 Å². The lowest BCUT2D eigenvalue weighted by atomic mass is 10.1. The van der Waals surface area contributed by atoms with Crippen LogP contribution in [-0.4, -0.2) is 42.1 Å². The Morgan fingerprint density at radius 3 is 2.42 bits per heavy atom. The summed E-state index contributed by atoms with van der Waals surface area (Å²) < 4.78 is 0. The van der Waals surface area contributed by atoms with Gasteiger partial charge in [0.2, 0.25) is 0 Å². The maximum atomic E-state index is 4.04. The first-order valence-electron chi connectivity index (χ1n) is 7.30. The number of unbranched alkanes of at least 4 members (excludes halogenated alkanes) is 1. The predicted molar refractivity (Wildman–Crippen MR) is 82.4 cm³/mol. The Hall–Kier alpha value is -0.930. The maximum absolute atomic E-state index is 4.04. The molecule has 0 aliphatic heterocycles. The summed E-state index contributed by atoms with van der Waals surface area (Å²) in [6, 6.07) is 4.20. The zero-order valence-electron chi connectivity index (χ0n) is 12.9. The molecule has 1 aromatic heterocycles. The van der Waals surface area contributed by atoms with Gasteiger partial charge in [0, 0.05) is 24.5 Å². The molecule has 19 heavy (non-hydrogen) atoms. The van der Waals surface area contributed by atoms with Crippen LogP contribution in [0.3, 0.4) is 0 Å². The summed E-state index contributed by atoms with van der Waals surface area (Å²) in [6.07, 6.45) is 7.35. The zero-order valence-corrected chi connectivity index (χ0v) is 12.9. The molecule has 3 heteroatoms. The number of nitrogens with zero attached hydrogens (tertiary/aromatic N) is 2. The highest BCUT2D eigenvalue weighted by Crippen LogP contribution is 2.01. The quantitative estimate of drug-likeness (QED) is 0.731. The minimum absolute atomic E-state index is 0.243. The molecule has 0 amide bonds. The van der Waals surface area contributed by atoms with Crippen molar-refractivity contribution in [1.82, 2.24) is 15.2 Å². The number of aromatic nitrogens is 1. The van der Waals surface area contributed by atoms with Crippen LogP contribution in [0, 0.1) is 0 Å². The van der Waals surface area contributed by atoms with E-state index in [2.05, 4.69) is 55.2 Å². The third kappa shape index (κ3) is 8.73. The van der Waals surface area contributed by atoms with Gasteiger partial charge >= 0.3 is 0 Å². The molecule has 1 rings (SSSR count). The molecule has 1 N–H and O–H groups in total. The Kier molecular flexibility index (Phi) is 7.03. The number of nitrogens with one attached hydrogen (secondary N) is 1. The summed E-state index contributed by atoms with van der Waals surface area (Å²) in [4.78, 5) is 6.46. The van der Waals surface area contributed by atoms with Gasteiger partial charge in [-0.15, -0.1) is 0 Å². The summed E-state index contributed by atoms with van der Waals surface area (Å²) >= 11 is 0. The second kappa shape index (κ2) is 8.28. The average Bonchev–Trinajstić information content (AvgIpc) is 2.36. The standard InChI is InChI=1S/C16H29N3/c1-16(2,3)18-10-5-6-13-19(4)14-9-15-7-11-17-12-8-15/h7-8,11-12,18H,5-6,9-10,13-14H2,1-4H3. The molecule has 0 saturated carbocycles. The summed E-state index contributed by atoms with van der Waals surface area (Å²) in [5.74, 6) is 0. The van der Waals surface area contributed by atoms with Gasteiger partial charge in [0.05, 0.1) is 0 Å². The summed E-state index contributed by atoms with van der Waals surface area (Å²) in [7, 11) is 2.21. The Balaban J connectivity index is 2.04. The normalized spacial score (nSPS) is 12.1. The Morgan fingerprint density at radius 2 is 1.79 bits per heavy atom. The smallest absolute Gasteiger partial charge is 0.0270 e. The van der Waals surface area contributed by atoms with Gasteiger partial charge in [-0.25, -0.2) is 0 Å². The molecule has 0 unspecified atom stereocenters. The first-order chi connectivity index (χ1) is 8.97. The van der Waals surface area contributed by atoms with Crippen molar-refractivity contribution in [3.05, 3.63) is 30.1 Å². The van der Waals surface area contributed by atoms with E-state index in [1.807, 2.05) is 12.4 Å². The number of hydrogen-bond donors (Lipinski definition) is 1. The highest BCUT2D eigenvalue weighted by molar-refractivity contribution is 5.09. The van der Waals surface area contributed by atoms with Gasteiger partial charge < -0.3 is 10.2 Å². The Labute approximate surface area is 118 Å². The predicted octanol–water partition coefficient (Wildman–Crippen LogP) is 2.72. The molecule has 0 saturated heterocycles. The molecule has 0 aliphatic carbocycles. The fourth-order valence-electron chi connectivity index (χ4n) is 1.95. The maximum Gasteiger partial charge on any atom is 0.0270 e. The topological polar surface area (TPSA) is 28.2 Å². The van der Waals surface area contributed by atoms with Crippen molar-refractivity contribution in [2.24, 2.45) is 0 Å². The van der Waals surface area contributed by atoms with Crippen LogP contribution in [0.25, 0.3) is 0 Å². The highest BCUT2D eigenvalue weighted by Gasteiger charge is 2.07. The lowest BCUT2D eigenvalue weighted by molar-refractivity contribution is 0.324. The Morgan fingerprint density at radius 1 is 1.11 bits per heavy atom. The molecule has 0 bridgehead atoms. The van der Waals surface area contributed by atoms with E-state index < -0.39 is 0 Å². The van der Waals surface area contributed by atoms with E-state index >= 15 is 0 Å². The number of pyridine rings is 1. The lowest BCUT2D eigenvalue weighted by Crippen LogP contribution is -2.36. The van der Waals surface area contributed by atoms with Gasteiger partial charge in [0.1, 0.15) is 0 Å². The number of likely N-dealkylation sites (N-methyl/N-ethyl adjacent to an activating group) is 1. The van der Waals surface area contributed by atoms with Crippen LogP contribution in [0.4, 0.5) is 0 Å². The van der Waals surface area contributed by atoms with Crippen LogP contribution < -0.4 is 5.32 Å². The van der Waals surface area contributed by atoms with E-state index in [1.165, 1.54) is 24.9 Å². The molecule has 3 nitrogen and oxygen atoms in total. The number of rotatable bonds is 8. The van der Waals surface area contributed by atoms with Gasteiger partial charge in [-0.05, 0) is 77.9 Å². The van der Waals surface area contributed by atoms with Gasteiger partial charge in [-0.3, -0.25) is 4.98 Å². The molecule has 0 aromatic carbocycles. The molecule has 0 atom stereocenters. The molecule has 1 heterocycles. The molecule has 1 aromatic rings. The molecule has 0 fully saturated rings. The molecule has 0 spiro atoms. The van der Waals surface area contributed by atoms with E-state index in [-0.39, 0.29) is 5.54 Å². The molecule has 108 valence electrons. The summed E-state index contributed by atoms with van der Waals surface area (Å²) in [5.41, 5.74) is 1.61. The SMILES string of the molecule is CN(CCCCNC(C)(C)C)CCc1ccncc1. The lowest BCUT2D eigenvalue weighted by Gasteiger charge is -2.21. The first kappa shape index (κ1) is 16.1. The zero-order chi connectivity index (χ0) is 14.1. The van der Waals surface area contributed by atoms with Crippen LogP contribution >= 0.6 is 0 Å². The third-order valence-corrected chi connectivity index (χ3v) is 3.15. The van der Waals surface area contributed by atoms with E-state index in [0.717, 1.165) is 19.5 Å².